The minimum atomic E-state index is -0.282. The van der Waals surface area contributed by atoms with E-state index in [0.717, 1.165) is 11.3 Å². The molecule has 0 fully saturated rings. The molecule has 0 N–H and O–H groups in total. The Hall–Kier alpha value is -2.34. The Morgan fingerprint density at radius 1 is 1.35 bits per heavy atom. The van der Waals surface area contributed by atoms with Crippen molar-refractivity contribution in [2.75, 3.05) is 38.6 Å². The summed E-state index contributed by atoms with van der Waals surface area (Å²) in [5.41, 5.74) is 1.64. The molecule has 3 amide bonds. The molecule has 0 saturated carbocycles. The molecule has 1 heterocycles. The number of carbonyl (C=O) groups excluding carboxylic acids is 3. The fourth-order valence-electron chi connectivity index (χ4n) is 3.04. The third-order valence-electron chi connectivity index (χ3n) is 4.54. The lowest BCUT2D eigenvalue weighted by atomic mass is 9.97. The van der Waals surface area contributed by atoms with Gasteiger partial charge in [-0.25, -0.2) is 0 Å². The fraction of sp³-hybridized carbons (Fsp3) is 0.421. The Morgan fingerprint density at radius 2 is 2.04 bits per heavy atom. The average molecular weight is 378 g/mol. The topological polar surface area (TPSA) is 60.9 Å². The van der Waals surface area contributed by atoms with Crippen molar-refractivity contribution in [2.45, 2.75) is 19.3 Å². The number of nitrogens with zero attached hydrogens (tertiary/aromatic N) is 3. The number of hydrogen-bond donors (Lipinski definition) is 0. The molecule has 0 radical (unpaired) electrons. The van der Waals surface area contributed by atoms with Crippen LogP contribution in [0.15, 0.2) is 30.9 Å². The van der Waals surface area contributed by atoms with Crippen LogP contribution in [0.4, 0.5) is 5.69 Å². The maximum absolute atomic E-state index is 12.8. The molecular formula is C19H24ClN3O3. The first-order chi connectivity index (χ1) is 12.3. The van der Waals surface area contributed by atoms with E-state index < -0.39 is 0 Å². The molecule has 6 nitrogen and oxygen atoms in total. The van der Waals surface area contributed by atoms with Crippen LogP contribution in [0.5, 0.6) is 0 Å². The highest BCUT2D eigenvalue weighted by molar-refractivity contribution is 6.30. The zero-order chi connectivity index (χ0) is 19.4. The van der Waals surface area contributed by atoms with Crippen molar-refractivity contribution in [2.24, 2.45) is 0 Å². The predicted octanol–water partition coefficient (Wildman–Crippen LogP) is 2.28. The number of halogens is 1. The first-order valence-electron chi connectivity index (χ1n) is 8.49. The van der Waals surface area contributed by atoms with Gasteiger partial charge >= 0.3 is 0 Å². The second kappa shape index (κ2) is 8.36. The normalized spacial score (nSPS) is 15.4. The smallest absolute Gasteiger partial charge is 0.246 e. The van der Waals surface area contributed by atoms with Gasteiger partial charge in [-0.1, -0.05) is 18.2 Å². The summed E-state index contributed by atoms with van der Waals surface area (Å²) in [6.07, 6.45) is 1.50. The van der Waals surface area contributed by atoms with Crippen molar-refractivity contribution in [3.05, 3.63) is 41.4 Å². The van der Waals surface area contributed by atoms with Crippen LogP contribution in [0.2, 0.25) is 5.02 Å². The van der Waals surface area contributed by atoms with Crippen LogP contribution in [-0.4, -0.2) is 61.3 Å². The molecule has 0 aliphatic carbocycles. The average Bonchev–Trinajstić information content (AvgIpc) is 2.96. The van der Waals surface area contributed by atoms with Gasteiger partial charge in [-0.15, -0.1) is 0 Å². The lowest BCUT2D eigenvalue weighted by Gasteiger charge is -2.24. The van der Waals surface area contributed by atoms with E-state index in [1.165, 1.54) is 15.9 Å². The minimum absolute atomic E-state index is 0.00718. The zero-order valence-electron chi connectivity index (χ0n) is 15.4. The molecule has 1 atom stereocenters. The maximum atomic E-state index is 12.8. The summed E-state index contributed by atoms with van der Waals surface area (Å²) < 4.78 is 0. The Morgan fingerprint density at radius 3 is 2.62 bits per heavy atom. The van der Waals surface area contributed by atoms with Gasteiger partial charge in [0.05, 0.1) is 0 Å². The molecule has 1 aromatic rings. The molecule has 26 heavy (non-hydrogen) atoms. The van der Waals surface area contributed by atoms with Crippen molar-refractivity contribution >= 4 is 35.0 Å². The first kappa shape index (κ1) is 20.0. The van der Waals surface area contributed by atoms with Gasteiger partial charge in [0.25, 0.3) is 0 Å². The number of fused-ring (bicyclic) bond motifs is 1. The fourth-order valence-corrected chi connectivity index (χ4v) is 3.22. The van der Waals surface area contributed by atoms with E-state index in [2.05, 4.69) is 6.58 Å². The number of rotatable bonds is 6. The van der Waals surface area contributed by atoms with Crippen molar-refractivity contribution in [1.82, 2.24) is 9.80 Å². The number of benzene rings is 1. The summed E-state index contributed by atoms with van der Waals surface area (Å²) in [6.45, 7) is 6.06. The molecule has 1 unspecified atom stereocenters. The van der Waals surface area contributed by atoms with Crippen LogP contribution in [0, 0.1) is 0 Å². The second-order valence-corrected chi connectivity index (χ2v) is 6.89. The molecule has 0 aromatic heterocycles. The Labute approximate surface area is 159 Å². The van der Waals surface area contributed by atoms with Gasteiger partial charge < -0.3 is 14.7 Å². The van der Waals surface area contributed by atoms with Crippen LogP contribution in [-0.2, 0) is 14.4 Å². The highest BCUT2D eigenvalue weighted by Gasteiger charge is 2.34. The molecule has 2 rings (SSSR count). The molecule has 0 saturated heterocycles. The summed E-state index contributed by atoms with van der Waals surface area (Å²) in [6, 6.07) is 5.33. The standard InChI is InChI=1S/C19H24ClN3O3/c1-5-17(24)22(6-2)12-19(26)23-11-13(9-18(25)21(3)4)15-10-14(20)7-8-16(15)23/h5,7-8,10,13H,1,6,9,11-12H2,2-4H3. The largest absolute Gasteiger partial charge is 0.349 e. The zero-order valence-corrected chi connectivity index (χ0v) is 16.1. The molecule has 0 bridgehead atoms. The molecule has 0 spiro atoms. The minimum Gasteiger partial charge on any atom is -0.349 e. The van der Waals surface area contributed by atoms with Gasteiger partial charge in [0, 0.05) is 50.2 Å². The highest BCUT2D eigenvalue weighted by atomic mass is 35.5. The third kappa shape index (κ3) is 4.25. The van der Waals surface area contributed by atoms with E-state index in [1.54, 1.807) is 31.1 Å². The van der Waals surface area contributed by atoms with E-state index in [9.17, 15) is 14.4 Å². The Bertz CT molecular complexity index is 733. The maximum Gasteiger partial charge on any atom is 0.246 e. The quantitative estimate of drug-likeness (QED) is 0.714. The Kier molecular flexibility index (Phi) is 6.42. The first-order valence-corrected chi connectivity index (χ1v) is 8.87. The number of anilines is 1. The molecule has 140 valence electrons. The van der Waals surface area contributed by atoms with Gasteiger partial charge in [-0.2, -0.15) is 0 Å². The highest BCUT2D eigenvalue weighted by Crippen LogP contribution is 2.40. The number of likely N-dealkylation sites (N-methyl/N-ethyl adjacent to an activating group) is 1. The van der Waals surface area contributed by atoms with Crippen LogP contribution in [0.1, 0.15) is 24.8 Å². The summed E-state index contributed by atoms with van der Waals surface area (Å²) in [7, 11) is 3.41. The predicted molar refractivity (Wildman–Crippen MR) is 102 cm³/mol. The van der Waals surface area contributed by atoms with Crippen molar-refractivity contribution in [3.63, 3.8) is 0 Å². The van der Waals surface area contributed by atoms with Crippen LogP contribution in [0.3, 0.4) is 0 Å². The van der Waals surface area contributed by atoms with Crippen molar-refractivity contribution < 1.29 is 14.4 Å². The van der Waals surface area contributed by atoms with Gasteiger partial charge in [-0.3, -0.25) is 14.4 Å². The van der Waals surface area contributed by atoms with E-state index >= 15 is 0 Å². The van der Waals surface area contributed by atoms with Gasteiger partial charge in [0.1, 0.15) is 6.54 Å². The van der Waals surface area contributed by atoms with Gasteiger partial charge in [-0.05, 0) is 36.8 Å². The Balaban J connectivity index is 2.25. The summed E-state index contributed by atoms with van der Waals surface area (Å²) >= 11 is 6.12. The summed E-state index contributed by atoms with van der Waals surface area (Å²) in [4.78, 5) is 41.4. The van der Waals surface area contributed by atoms with Gasteiger partial charge in [0.2, 0.25) is 17.7 Å². The molecule has 7 heteroatoms. The third-order valence-corrected chi connectivity index (χ3v) is 4.77. The lowest BCUT2D eigenvalue weighted by molar-refractivity contribution is -0.131. The summed E-state index contributed by atoms with van der Waals surface area (Å²) in [5, 5.41) is 0.567. The van der Waals surface area contributed by atoms with E-state index in [4.69, 9.17) is 11.6 Å². The number of hydrogen-bond acceptors (Lipinski definition) is 3. The van der Waals surface area contributed by atoms with Crippen molar-refractivity contribution in [1.29, 1.82) is 0 Å². The van der Waals surface area contributed by atoms with Gasteiger partial charge in [0.15, 0.2) is 0 Å². The van der Waals surface area contributed by atoms with Crippen LogP contribution < -0.4 is 4.90 Å². The number of carbonyl (C=O) groups is 3. The number of amides is 3. The molecule has 1 aliphatic rings. The van der Waals surface area contributed by atoms with E-state index in [1.807, 2.05) is 13.0 Å². The van der Waals surface area contributed by atoms with Crippen LogP contribution in [0.25, 0.3) is 0 Å². The van der Waals surface area contributed by atoms with Crippen molar-refractivity contribution in [3.8, 4) is 0 Å². The SMILES string of the molecule is C=CC(=O)N(CC)CC(=O)N1CC(CC(=O)N(C)C)c2cc(Cl)ccc21. The molecule has 1 aromatic carbocycles. The molecule has 1 aliphatic heterocycles. The van der Waals surface area contributed by atoms with Crippen LogP contribution >= 0.6 is 11.6 Å². The molecular weight excluding hydrogens is 354 g/mol. The second-order valence-electron chi connectivity index (χ2n) is 6.45. The van der Waals surface area contributed by atoms with E-state index in [-0.39, 0.29) is 30.2 Å². The van der Waals surface area contributed by atoms with E-state index in [0.29, 0.717) is 24.5 Å². The lowest BCUT2D eigenvalue weighted by Crippen LogP contribution is -2.42. The summed E-state index contributed by atoms with van der Waals surface area (Å²) in [5.74, 6) is -0.596. The monoisotopic (exact) mass is 377 g/mol.